The molecule has 1 heterocycles. The van der Waals surface area contributed by atoms with Gasteiger partial charge in [-0.1, -0.05) is 19.9 Å². The van der Waals surface area contributed by atoms with Gasteiger partial charge in [-0.2, -0.15) is 10.2 Å². The molecule has 20 heavy (non-hydrogen) atoms. The molecular formula is C16H21N3O. The standard InChI is InChI=1S/C16H21N3O/c1-11(2)12-4-6-14(16(10-12)20-3)15-7-5-13(8-9-17)18-19-15/h4-7,10-11H,8-9,17H2,1-3H3. The Hall–Kier alpha value is -1.94. The van der Waals surface area contributed by atoms with Gasteiger partial charge in [0.05, 0.1) is 18.5 Å². The van der Waals surface area contributed by atoms with E-state index in [1.165, 1.54) is 5.56 Å². The van der Waals surface area contributed by atoms with Gasteiger partial charge in [0.2, 0.25) is 0 Å². The van der Waals surface area contributed by atoms with E-state index in [4.69, 9.17) is 10.5 Å². The highest BCUT2D eigenvalue weighted by molar-refractivity contribution is 5.67. The van der Waals surface area contributed by atoms with Crippen LogP contribution < -0.4 is 10.5 Å². The second kappa shape index (κ2) is 6.48. The van der Waals surface area contributed by atoms with Crippen molar-refractivity contribution in [1.82, 2.24) is 10.2 Å². The fourth-order valence-corrected chi connectivity index (χ4v) is 2.06. The quantitative estimate of drug-likeness (QED) is 0.908. The van der Waals surface area contributed by atoms with Crippen molar-refractivity contribution in [2.45, 2.75) is 26.2 Å². The molecule has 0 aliphatic heterocycles. The molecule has 0 radical (unpaired) electrons. The molecule has 2 aromatic rings. The summed E-state index contributed by atoms with van der Waals surface area (Å²) < 4.78 is 5.48. The predicted molar refractivity (Wildman–Crippen MR) is 80.9 cm³/mol. The van der Waals surface area contributed by atoms with Crippen molar-refractivity contribution in [2.24, 2.45) is 5.73 Å². The molecule has 0 saturated heterocycles. The van der Waals surface area contributed by atoms with Crippen LogP contribution in [-0.2, 0) is 6.42 Å². The number of ether oxygens (including phenoxy) is 1. The predicted octanol–water partition coefficient (Wildman–Crippen LogP) is 2.78. The molecule has 0 amide bonds. The van der Waals surface area contributed by atoms with E-state index < -0.39 is 0 Å². The minimum Gasteiger partial charge on any atom is -0.496 e. The van der Waals surface area contributed by atoms with Crippen molar-refractivity contribution in [1.29, 1.82) is 0 Å². The largest absolute Gasteiger partial charge is 0.496 e. The van der Waals surface area contributed by atoms with Crippen LogP contribution in [0.4, 0.5) is 0 Å². The van der Waals surface area contributed by atoms with Gasteiger partial charge < -0.3 is 10.5 Å². The zero-order valence-electron chi connectivity index (χ0n) is 12.3. The monoisotopic (exact) mass is 271 g/mol. The molecule has 0 spiro atoms. The Kier molecular flexibility index (Phi) is 4.69. The minimum absolute atomic E-state index is 0.468. The Labute approximate surface area is 120 Å². The van der Waals surface area contributed by atoms with Crippen molar-refractivity contribution in [3.63, 3.8) is 0 Å². The molecule has 4 heteroatoms. The number of nitrogens with zero attached hydrogens (tertiary/aromatic N) is 2. The van der Waals surface area contributed by atoms with Crippen LogP contribution in [0, 0.1) is 0 Å². The van der Waals surface area contributed by atoms with Crippen molar-refractivity contribution < 1.29 is 4.74 Å². The lowest BCUT2D eigenvalue weighted by molar-refractivity contribution is 0.415. The Morgan fingerprint density at radius 1 is 1.15 bits per heavy atom. The first kappa shape index (κ1) is 14.5. The summed E-state index contributed by atoms with van der Waals surface area (Å²) in [6.45, 7) is 4.91. The van der Waals surface area contributed by atoms with E-state index in [2.05, 4.69) is 36.2 Å². The summed E-state index contributed by atoms with van der Waals surface area (Å²) in [7, 11) is 1.68. The van der Waals surface area contributed by atoms with Gasteiger partial charge >= 0.3 is 0 Å². The number of hydrogen-bond acceptors (Lipinski definition) is 4. The van der Waals surface area contributed by atoms with Gasteiger partial charge in [0.1, 0.15) is 5.75 Å². The van der Waals surface area contributed by atoms with Gasteiger partial charge in [-0.05, 0) is 42.3 Å². The third kappa shape index (κ3) is 3.14. The van der Waals surface area contributed by atoms with Crippen LogP contribution in [0.5, 0.6) is 5.75 Å². The molecule has 0 aliphatic rings. The first-order valence-corrected chi connectivity index (χ1v) is 6.86. The lowest BCUT2D eigenvalue weighted by atomic mass is 9.99. The van der Waals surface area contributed by atoms with Gasteiger partial charge in [-0.3, -0.25) is 0 Å². The molecule has 0 bridgehead atoms. The summed E-state index contributed by atoms with van der Waals surface area (Å²) in [6, 6.07) is 10.1. The van der Waals surface area contributed by atoms with Crippen molar-refractivity contribution in [2.75, 3.05) is 13.7 Å². The van der Waals surface area contributed by atoms with Crippen LogP contribution in [0.2, 0.25) is 0 Å². The highest BCUT2D eigenvalue weighted by Gasteiger charge is 2.10. The van der Waals surface area contributed by atoms with Crippen molar-refractivity contribution in [3.05, 3.63) is 41.6 Å². The molecule has 0 fully saturated rings. The van der Waals surface area contributed by atoms with Crippen molar-refractivity contribution in [3.8, 4) is 17.0 Å². The fourth-order valence-electron chi connectivity index (χ4n) is 2.06. The summed E-state index contributed by atoms with van der Waals surface area (Å²) in [5.74, 6) is 1.30. The molecule has 0 unspecified atom stereocenters. The van der Waals surface area contributed by atoms with Crippen LogP contribution in [0.25, 0.3) is 11.3 Å². The zero-order valence-corrected chi connectivity index (χ0v) is 12.3. The van der Waals surface area contributed by atoms with Gasteiger partial charge in [0.15, 0.2) is 0 Å². The fraction of sp³-hybridized carbons (Fsp3) is 0.375. The SMILES string of the molecule is COc1cc(C(C)C)ccc1-c1ccc(CCN)nn1. The van der Waals surface area contributed by atoms with Crippen LogP contribution in [0.3, 0.4) is 0 Å². The van der Waals surface area contributed by atoms with Gasteiger partial charge in [0.25, 0.3) is 0 Å². The maximum Gasteiger partial charge on any atom is 0.128 e. The van der Waals surface area contributed by atoms with E-state index >= 15 is 0 Å². The van der Waals surface area contributed by atoms with E-state index in [1.807, 2.05) is 18.2 Å². The summed E-state index contributed by atoms with van der Waals surface area (Å²) in [6.07, 6.45) is 0.747. The van der Waals surface area contributed by atoms with E-state index in [9.17, 15) is 0 Å². The maximum absolute atomic E-state index is 5.51. The Bertz CT molecular complexity index is 564. The topological polar surface area (TPSA) is 61.0 Å². The first-order chi connectivity index (χ1) is 9.65. The number of nitrogens with two attached hydrogens (primary N) is 1. The lowest BCUT2D eigenvalue weighted by Crippen LogP contribution is -2.05. The number of methoxy groups -OCH3 is 1. The van der Waals surface area contributed by atoms with Crippen LogP contribution in [0.15, 0.2) is 30.3 Å². The summed E-state index contributed by atoms with van der Waals surface area (Å²) in [5, 5.41) is 8.46. The van der Waals surface area contributed by atoms with Gasteiger partial charge in [-0.25, -0.2) is 0 Å². The van der Waals surface area contributed by atoms with Gasteiger partial charge in [-0.15, -0.1) is 0 Å². The maximum atomic E-state index is 5.51. The summed E-state index contributed by atoms with van der Waals surface area (Å²) >= 11 is 0. The third-order valence-electron chi connectivity index (χ3n) is 3.29. The van der Waals surface area contributed by atoms with Crippen LogP contribution in [0.1, 0.15) is 31.0 Å². The number of benzene rings is 1. The van der Waals surface area contributed by atoms with Gasteiger partial charge in [0, 0.05) is 12.0 Å². The second-order valence-electron chi connectivity index (χ2n) is 5.06. The smallest absolute Gasteiger partial charge is 0.128 e. The molecule has 1 aromatic carbocycles. The second-order valence-corrected chi connectivity index (χ2v) is 5.06. The average molecular weight is 271 g/mol. The first-order valence-electron chi connectivity index (χ1n) is 6.86. The van der Waals surface area contributed by atoms with E-state index in [0.717, 1.165) is 29.1 Å². The van der Waals surface area contributed by atoms with E-state index in [0.29, 0.717) is 12.5 Å². The number of rotatable bonds is 5. The summed E-state index contributed by atoms with van der Waals surface area (Å²) in [5.41, 5.74) is 9.45. The third-order valence-corrected chi connectivity index (χ3v) is 3.29. The average Bonchev–Trinajstić information content (AvgIpc) is 2.47. The van der Waals surface area contributed by atoms with E-state index in [1.54, 1.807) is 7.11 Å². The molecule has 0 saturated carbocycles. The highest BCUT2D eigenvalue weighted by atomic mass is 16.5. The number of aromatic nitrogens is 2. The molecule has 0 aliphatic carbocycles. The molecule has 1 aromatic heterocycles. The summed E-state index contributed by atoms with van der Waals surface area (Å²) in [4.78, 5) is 0. The molecule has 4 nitrogen and oxygen atoms in total. The molecule has 2 rings (SSSR count). The Morgan fingerprint density at radius 3 is 2.50 bits per heavy atom. The molecular weight excluding hydrogens is 250 g/mol. The molecule has 2 N–H and O–H groups in total. The van der Waals surface area contributed by atoms with Crippen molar-refractivity contribution >= 4 is 0 Å². The number of hydrogen-bond donors (Lipinski definition) is 1. The molecule has 106 valence electrons. The van der Waals surface area contributed by atoms with Crippen LogP contribution in [-0.4, -0.2) is 23.9 Å². The molecule has 0 atom stereocenters. The van der Waals surface area contributed by atoms with E-state index in [-0.39, 0.29) is 0 Å². The Balaban J connectivity index is 2.36. The van der Waals surface area contributed by atoms with Crippen LogP contribution >= 0.6 is 0 Å². The zero-order chi connectivity index (χ0) is 14.5. The minimum atomic E-state index is 0.468. The highest BCUT2D eigenvalue weighted by Crippen LogP contribution is 2.31. The Morgan fingerprint density at radius 2 is 1.95 bits per heavy atom. The lowest BCUT2D eigenvalue weighted by Gasteiger charge is -2.12. The normalized spacial score (nSPS) is 10.8.